The number of carbonyl (C=O) groups is 1. The topological polar surface area (TPSA) is 74.0 Å². The SMILES string of the molecule is CC(NC(=O)Nc1ccccc1F)c1c[nH]c(=O)c2cc(F)c(F)cc12. The van der Waals surface area contributed by atoms with Crippen LogP contribution in [0.15, 0.2) is 47.4 Å². The second-order valence-corrected chi connectivity index (χ2v) is 5.69. The summed E-state index contributed by atoms with van der Waals surface area (Å²) in [5.41, 5.74) is -0.204. The summed E-state index contributed by atoms with van der Waals surface area (Å²) in [7, 11) is 0. The molecule has 2 amide bonds. The predicted octanol–water partition coefficient (Wildman–Crippen LogP) is 3.83. The highest BCUT2D eigenvalue weighted by molar-refractivity contribution is 5.90. The highest BCUT2D eigenvalue weighted by Crippen LogP contribution is 2.24. The number of benzene rings is 2. The largest absolute Gasteiger partial charge is 0.331 e. The van der Waals surface area contributed by atoms with E-state index in [1.807, 2.05) is 0 Å². The Labute approximate surface area is 145 Å². The van der Waals surface area contributed by atoms with E-state index in [-0.39, 0.29) is 16.5 Å². The first kappa shape index (κ1) is 17.5. The quantitative estimate of drug-likeness (QED) is 0.663. The van der Waals surface area contributed by atoms with Crippen molar-refractivity contribution in [3.8, 4) is 0 Å². The van der Waals surface area contributed by atoms with Gasteiger partial charge in [0.05, 0.1) is 17.1 Å². The number of nitrogens with one attached hydrogen (secondary N) is 3. The molecule has 0 bridgehead atoms. The van der Waals surface area contributed by atoms with Crippen LogP contribution in [0, 0.1) is 17.5 Å². The lowest BCUT2D eigenvalue weighted by atomic mass is 10.0. The number of anilines is 1. The molecule has 5 nitrogen and oxygen atoms in total. The molecule has 134 valence electrons. The Morgan fingerprint density at radius 1 is 1.04 bits per heavy atom. The van der Waals surface area contributed by atoms with Crippen molar-refractivity contribution in [1.29, 1.82) is 0 Å². The van der Waals surface area contributed by atoms with Gasteiger partial charge in [0.15, 0.2) is 11.6 Å². The summed E-state index contributed by atoms with van der Waals surface area (Å²) >= 11 is 0. The van der Waals surface area contributed by atoms with Gasteiger partial charge in [-0.3, -0.25) is 4.79 Å². The van der Waals surface area contributed by atoms with Crippen molar-refractivity contribution in [1.82, 2.24) is 10.3 Å². The fourth-order valence-corrected chi connectivity index (χ4v) is 2.63. The summed E-state index contributed by atoms with van der Waals surface area (Å²) in [5, 5.41) is 5.06. The molecule has 3 rings (SSSR count). The van der Waals surface area contributed by atoms with E-state index in [0.717, 1.165) is 12.1 Å². The van der Waals surface area contributed by atoms with Gasteiger partial charge in [-0.15, -0.1) is 0 Å². The Kier molecular flexibility index (Phi) is 4.66. The highest BCUT2D eigenvalue weighted by atomic mass is 19.2. The van der Waals surface area contributed by atoms with Crippen molar-refractivity contribution in [2.75, 3.05) is 5.32 Å². The Morgan fingerprint density at radius 3 is 2.38 bits per heavy atom. The zero-order valence-electron chi connectivity index (χ0n) is 13.6. The van der Waals surface area contributed by atoms with E-state index in [1.54, 1.807) is 13.0 Å². The van der Waals surface area contributed by atoms with Crippen LogP contribution in [0.1, 0.15) is 18.5 Å². The van der Waals surface area contributed by atoms with Crippen molar-refractivity contribution < 1.29 is 18.0 Å². The zero-order valence-corrected chi connectivity index (χ0v) is 13.6. The van der Waals surface area contributed by atoms with E-state index >= 15 is 0 Å². The van der Waals surface area contributed by atoms with E-state index in [0.29, 0.717) is 5.56 Å². The number of amides is 2. The number of urea groups is 1. The lowest BCUT2D eigenvalue weighted by molar-refractivity contribution is 0.249. The molecule has 1 atom stereocenters. The van der Waals surface area contributed by atoms with Gasteiger partial charge in [0.1, 0.15) is 5.82 Å². The third-order valence-corrected chi connectivity index (χ3v) is 3.91. The molecule has 0 fully saturated rings. The van der Waals surface area contributed by atoms with Crippen molar-refractivity contribution in [2.24, 2.45) is 0 Å². The number of hydrogen-bond acceptors (Lipinski definition) is 2. The first-order valence-corrected chi connectivity index (χ1v) is 7.69. The molecule has 0 radical (unpaired) electrons. The number of aromatic amines is 1. The van der Waals surface area contributed by atoms with Crippen LogP contribution in [0.5, 0.6) is 0 Å². The van der Waals surface area contributed by atoms with E-state index in [4.69, 9.17) is 0 Å². The second kappa shape index (κ2) is 6.91. The van der Waals surface area contributed by atoms with Crippen LogP contribution in [0.2, 0.25) is 0 Å². The summed E-state index contributed by atoms with van der Waals surface area (Å²) < 4.78 is 40.6. The first-order chi connectivity index (χ1) is 12.4. The average molecular weight is 361 g/mol. The lowest BCUT2D eigenvalue weighted by Gasteiger charge is -2.17. The van der Waals surface area contributed by atoms with Crippen LogP contribution >= 0.6 is 0 Å². The maximum atomic E-state index is 13.6. The van der Waals surface area contributed by atoms with Crippen LogP contribution in [0.4, 0.5) is 23.7 Å². The third kappa shape index (κ3) is 3.39. The summed E-state index contributed by atoms with van der Waals surface area (Å²) in [4.78, 5) is 26.3. The number of hydrogen-bond donors (Lipinski definition) is 3. The third-order valence-electron chi connectivity index (χ3n) is 3.91. The number of carbonyl (C=O) groups excluding carboxylic acids is 1. The number of para-hydroxylation sites is 1. The lowest BCUT2D eigenvalue weighted by Crippen LogP contribution is -2.32. The highest BCUT2D eigenvalue weighted by Gasteiger charge is 2.17. The molecule has 0 aliphatic heterocycles. The van der Waals surface area contributed by atoms with E-state index < -0.39 is 35.1 Å². The predicted molar refractivity (Wildman–Crippen MR) is 91.5 cm³/mol. The van der Waals surface area contributed by atoms with Crippen molar-refractivity contribution in [2.45, 2.75) is 13.0 Å². The van der Waals surface area contributed by atoms with Crippen molar-refractivity contribution >= 4 is 22.5 Å². The number of halogens is 3. The minimum Gasteiger partial charge on any atom is -0.331 e. The van der Waals surface area contributed by atoms with E-state index in [1.165, 1.54) is 24.4 Å². The Bertz CT molecular complexity index is 1050. The first-order valence-electron chi connectivity index (χ1n) is 7.69. The van der Waals surface area contributed by atoms with Crippen LogP contribution in [-0.4, -0.2) is 11.0 Å². The normalized spacial score (nSPS) is 12.0. The molecular weight excluding hydrogens is 347 g/mol. The molecule has 2 aromatic carbocycles. The molecule has 26 heavy (non-hydrogen) atoms. The summed E-state index contributed by atoms with van der Waals surface area (Å²) in [6.07, 6.45) is 1.32. The second-order valence-electron chi connectivity index (χ2n) is 5.69. The van der Waals surface area contributed by atoms with Gasteiger partial charge >= 0.3 is 6.03 Å². The standard InChI is InChI=1S/C18H14F3N3O2/c1-9(23-18(26)24-16-5-3-2-4-13(16)19)12-8-22-17(25)11-7-15(21)14(20)6-10(11)12/h2-9H,1H3,(H,22,25)(H2,23,24,26). The van der Waals surface area contributed by atoms with Crippen LogP contribution in [0.3, 0.4) is 0 Å². The van der Waals surface area contributed by atoms with Gasteiger partial charge in [-0.05, 0) is 42.1 Å². The maximum absolute atomic E-state index is 13.6. The number of fused-ring (bicyclic) bond motifs is 1. The summed E-state index contributed by atoms with van der Waals surface area (Å²) in [6.45, 7) is 1.59. The van der Waals surface area contributed by atoms with Gasteiger partial charge in [-0.25, -0.2) is 18.0 Å². The molecule has 3 N–H and O–H groups in total. The van der Waals surface area contributed by atoms with Gasteiger partial charge in [-0.2, -0.15) is 0 Å². The van der Waals surface area contributed by atoms with Crippen LogP contribution in [-0.2, 0) is 0 Å². The number of pyridine rings is 1. The molecule has 0 spiro atoms. The molecule has 3 aromatic rings. The molecule has 1 heterocycles. The molecule has 0 aliphatic rings. The number of rotatable bonds is 3. The molecular formula is C18H14F3N3O2. The van der Waals surface area contributed by atoms with Crippen molar-refractivity contribution in [3.05, 3.63) is 76.0 Å². The zero-order chi connectivity index (χ0) is 18.8. The Balaban J connectivity index is 1.88. The summed E-state index contributed by atoms with van der Waals surface area (Å²) in [5.74, 6) is -2.84. The maximum Gasteiger partial charge on any atom is 0.319 e. The van der Waals surface area contributed by atoms with E-state index in [2.05, 4.69) is 15.6 Å². The molecule has 1 unspecified atom stereocenters. The van der Waals surface area contributed by atoms with Gasteiger partial charge < -0.3 is 15.6 Å². The van der Waals surface area contributed by atoms with E-state index in [9.17, 15) is 22.8 Å². The van der Waals surface area contributed by atoms with Crippen molar-refractivity contribution in [3.63, 3.8) is 0 Å². The van der Waals surface area contributed by atoms with Crippen LogP contribution < -0.4 is 16.2 Å². The average Bonchev–Trinajstić information content (AvgIpc) is 2.59. The monoisotopic (exact) mass is 361 g/mol. The summed E-state index contributed by atoms with van der Waals surface area (Å²) in [6, 6.07) is 5.99. The molecule has 8 heteroatoms. The minimum atomic E-state index is -1.14. The van der Waals surface area contributed by atoms with Crippen LogP contribution in [0.25, 0.3) is 10.8 Å². The smallest absolute Gasteiger partial charge is 0.319 e. The fourth-order valence-electron chi connectivity index (χ4n) is 2.63. The molecule has 0 saturated heterocycles. The van der Waals surface area contributed by atoms with Gasteiger partial charge in [0.2, 0.25) is 0 Å². The molecule has 0 aliphatic carbocycles. The van der Waals surface area contributed by atoms with Gasteiger partial charge in [0.25, 0.3) is 5.56 Å². The fraction of sp³-hybridized carbons (Fsp3) is 0.111. The van der Waals surface area contributed by atoms with Gasteiger partial charge in [0, 0.05) is 6.20 Å². The Morgan fingerprint density at radius 2 is 1.69 bits per heavy atom. The minimum absolute atomic E-state index is 0.00311. The molecule has 1 aromatic heterocycles. The van der Waals surface area contributed by atoms with Gasteiger partial charge in [-0.1, -0.05) is 12.1 Å². The molecule has 0 saturated carbocycles. The number of H-pyrrole nitrogens is 1. The number of aromatic nitrogens is 1. The Hall–Kier alpha value is -3.29.